The monoisotopic (exact) mass is 1150 g/mol. The van der Waals surface area contributed by atoms with E-state index < -0.39 is 33.8 Å². The predicted molar refractivity (Wildman–Crippen MR) is 311 cm³/mol. The van der Waals surface area contributed by atoms with Crippen molar-refractivity contribution in [1.82, 2.24) is 13.7 Å². The van der Waals surface area contributed by atoms with E-state index in [1.165, 1.54) is 79.8 Å². The van der Waals surface area contributed by atoms with Crippen molar-refractivity contribution in [2.75, 3.05) is 40.4 Å². The van der Waals surface area contributed by atoms with Gasteiger partial charge in [-0.15, -0.1) is 4.48 Å². The number of esters is 2. The van der Waals surface area contributed by atoms with Gasteiger partial charge in [-0.25, -0.2) is 21.2 Å². The van der Waals surface area contributed by atoms with Gasteiger partial charge in [0.15, 0.2) is 11.6 Å². The van der Waals surface area contributed by atoms with E-state index in [1.807, 2.05) is 24.3 Å². The van der Waals surface area contributed by atoms with E-state index >= 15 is 4.39 Å². The molecule has 0 radical (unpaired) electrons. The average molecular weight is 1150 g/mol. The number of ether oxygens (including phenoxy) is 4. The zero-order valence-corrected chi connectivity index (χ0v) is 49.6. The molecule has 2 saturated carbocycles. The zero-order valence-electron chi connectivity index (χ0n) is 48.0. The van der Waals surface area contributed by atoms with Gasteiger partial charge in [0.2, 0.25) is 0 Å². The fraction of sp³-hybridized carbons (Fsp3) is 0.469. The highest BCUT2D eigenvalue weighted by molar-refractivity contribution is 8.03. The van der Waals surface area contributed by atoms with Gasteiger partial charge in [-0.05, 0) is 156 Å². The second kappa shape index (κ2) is 26.1. The topological polar surface area (TPSA) is 149 Å². The van der Waals surface area contributed by atoms with Crippen LogP contribution in [0.5, 0.6) is 11.5 Å². The van der Waals surface area contributed by atoms with Crippen molar-refractivity contribution in [3.8, 4) is 11.5 Å². The summed E-state index contributed by atoms with van der Waals surface area (Å²) in [6.07, 6.45) is 9.52. The maximum atomic E-state index is 15.2. The van der Waals surface area contributed by atoms with Gasteiger partial charge >= 0.3 is 11.9 Å². The SMILES string of the molecule is COC(=O)C1CN(Cc2ccc3c(F)c(OC4CCC(C(C)(C)C)CC4)ccc3c2)C1.COC(=O)C1CN(Cc2ccc3cc(OC4CCC(C(C)(C)C)CC4)ccc3c2)C1.O=S(=O)(c1ccccc1)N(F)S(=O)(=O)c1ccccc1. The van der Waals surface area contributed by atoms with Gasteiger partial charge in [-0.1, -0.05) is 114 Å². The summed E-state index contributed by atoms with van der Waals surface area (Å²) in [6.45, 7) is 18.6. The van der Waals surface area contributed by atoms with Gasteiger partial charge in [0.1, 0.15) is 5.75 Å². The van der Waals surface area contributed by atoms with Crippen LogP contribution in [-0.2, 0) is 52.2 Å². The van der Waals surface area contributed by atoms with E-state index in [9.17, 15) is 30.9 Å². The number of likely N-dealkylation sites (tertiary alicyclic amines) is 2. The maximum absolute atomic E-state index is 15.2. The Morgan fingerprint density at radius 1 is 0.531 bits per heavy atom. The van der Waals surface area contributed by atoms with Crippen molar-refractivity contribution in [3.05, 3.63) is 144 Å². The van der Waals surface area contributed by atoms with Gasteiger partial charge in [-0.3, -0.25) is 19.4 Å². The van der Waals surface area contributed by atoms with Crippen LogP contribution < -0.4 is 9.47 Å². The normalized spacial score (nSPS) is 20.4. The molecule has 0 spiro atoms. The lowest BCUT2D eigenvalue weighted by atomic mass is 9.72. The molecular formula is C64H79F2N3O10S2. The third-order valence-electron chi connectivity index (χ3n) is 16.5. The summed E-state index contributed by atoms with van der Waals surface area (Å²) in [5, 5.41) is 3.93. The second-order valence-corrected chi connectivity index (χ2v) is 28.0. The molecule has 0 N–H and O–H groups in total. The molecule has 6 aromatic carbocycles. The summed E-state index contributed by atoms with van der Waals surface area (Å²) in [5.41, 5.74) is 3.12. The van der Waals surface area contributed by atoms with Gasteiger partial charge in [0.25, 0.3) is 20.0 Å². The lowest BCUT2D eigenvalue weighted by molar-refractivity contribution is -0.152. The molecule has 4 fully saturated rings. The van der Waals surface area contributed by atoms with E-state index in [1.54, 1.807) is 6.07 Å². The Morgan fingerprint density at radius 2 is 0.938 bits per heavy atom. The van der Waals surface area contributed by atoms with Crippen LogP contribution in [0, 0.1) is 40.3 Å². The van der Waals surface area contributed by atoms with Gasteiger partial charge < -0.3 is 18.9 Å². The Labute approximate surface area is 477 Å². The molecule has 4 aliphatic rings. The summed E-state index contributed by atoms with van der Waals surface area (Å²) < 4.78 is 97.8. The summed E-state index contributed by atoms with van der Waals surface area (Å²) >= 11 is 0. The molecule has 0 atom stereocenters. The third-order valence-corrected chi connectivity index (χ3v) is 20.2. The van der Waals surface area contributed by atoms with E-state index in [2.05, 4.69) is 87.7 Å². The van der Waals surface area contributed by atoms with Crippen LogP contribution in [0.1, 0.15) is 104 Å². The van der Waals surface area contributed by atoms with Crippen LogP contribution in [0.4, 0.5) is 8.87 Å². The van der Waals surface area contributed by atoms with Gasteiger partial charge in [-0.2, -0.15) is 0 Å². The first-order valence-corrected chi connectivity index (χ1v) is 31.0. The number of hydrogen-bond acceptors (Lipinski definition) is 12. The average Bonchev–Trinajstić information content (AvgIpc) is 3.47. The summed E-state index contributed by atoms with van der Waals surface area (Å²) in [7, 11) is -6.64. The lowest BCUT2D eigenvalue weighted by Crippen LogP contribution is -2.49. The number of halogens is 2. The number of benzene rings is 6. The minimum atomic E-state index is -4.77. The zero-order chi connectivity index (χ0) is 58.3. The first kappa shape index (κ1) is 61.1. The standard InChI is InChI=1S/C26H34FNO3.C26H35NO3.C12H10FNO4S2/c1-26(2,3)20-7-9-21(10-8-20)31-23-12-6-18-13-17(5-11-22(18)24(23)27)14-28-15-19(16-28)25(29)30-4;1-26(2,3)22-8-11-23(12-9-22)30-24-10-7-19-13-18(5-6-20(19)14-24)15-27-16-21(17-27)25(28)29-4;13-14(19(15,16)11-7-3-1-4-8-11)20(17,18)12-9-5-2-6-10-12/h5-6,11-13,19-21H,7-10,14-16H2,1-4H3;5-7,10,13-14,21-23H,8-9,11-12,15-17H2,1-4H3;1-10H. The highest BCUT2D eigenvalue weighted by atomic mass is 32.3. The van der Waals surface area contributed by atoms with Crippen LogP contribution in [0.15, 0.2) is 137 Å². The number of fused-ring (bicyclic) bond motifs is 2. The molecular weight excluding hydrogens is 1070 g/mol. The molecule has 0 amide bonds. The molecule has 6 aromatic rings. The fourth-order valence-electron chi connectivity index (χ4n) is 11.4. The summed E-state index contributed by atoms with van der Waals surface area (Å²) in [4.78, 5) is 26.7. The number of nitrogens with zero attached hydrogens (tertiary/aromatic N) is 3. The minimum Gasteiger partial charge on any atom is -0.490 e. The fourth-order valence-corrected chi connectivity index (χ4v) is 14.3. The molecule has 0 unspecified atom stereocenters. The molecule has 2 aliphatic carbocycles. The summed E-state index contributed by atoms with van der Waals surface area (Å²) in [5.74, 6) is 2.37. The molecule has 0 bridgehead atoms. The van der Waals surface area contributed by atoms with E-state index in [-0.39, 0.29) is 35.7 Å². The Balaban J connectivity index is 0.000000163. The Hall–Kier alpha value is -5.98. The summed E-state index contributed by atoms with van der Waals surface area (Å²) in [6, 6.07) is 35.6. The van der Waals surface area contributed by atoms with Gasteiger partial charge in [0, 0.05) is 44.7 Å². The van der Waals surface area contributed by atoms with Crippen molar-refractivity contribution in [3.63, 3.8) is 0 Å². The van der Waals surface area contributed by atoms with Crippen LogP contribution >= 0.6 is 0 Å². The molecule has 17 heteroatoms. The highest BCUT2D eigenvalue weighted by Gasteiger charge is 2.38. The van der Waals surface area contributed by atoms with Crippen LogP contribution in [0.2, 0.25) is 0 Å². The second-order valence-electron chi connectivity index (χ2n) is 24.3. The molecule has 436 valence electrons. The first-order chi connectivity index (χ1) is 38.4. The predicted octanol–water partition coefficient (Wildman–Crippen LogP) is 12.9. The quantitative estimate of drug-likeness (QED) is 0.0755. The van der Waals surface area contributed by atoms with E-state index in [0.717, 1.165) is 112 Å². The first-order valence-electron chi connectivity index (χ1n) is 28.2. The Bertz CT molecular complexity index is 3260. The number of rotatable bonds is 14. The van der Waals surface area contributed by atoms with E-state index in [0.29, 0.717) is 47.1 Å². The number of carbonyl (C=O) groups is 2. The van der Waals surface area contributed by atoms with Crippen LogP contribution in [-0.4, -0.2) is 95.1 Å². The molecule has 10 rings (SSSR count). The van der Waals surface area contributed by atoms with Crippen molar-refractivity contribution in [1.29, 1.82) is 0 Å². The van der Waals surface area contributed by atoms with Gasteiger partial charge in [0.05, 0.1) is 52.0 Å². The minimum absolute atomic E-state index is 0.0268. The maximum Gasteiger partial charge on any atom is 0.311 e. The molecule has 0 aromatic heterocycles. The molecule has 2 saturated heterocycles. The van der Waals surface area contributed by atoms with Crippen molar-refractivity contribution >= 4 is 53.5 Å². The number of methoxy groups -OCH3 is 2. The number of hydrogen-bond donors (Lipinski definition) is 0. The van der Waals surface area contributed by atoms with Crippen molar-refractivity contribution in [2.24, 2.45) is 34.5 Å². The molecule has 2 heterocycles. The molecule has 2 aliphatic heterocycles. The molecule has 13 nitrogen and oxygen atoms in total. The Kier molecular flexibility index (Phi) is 19.7. The van der Waals surface area contributed by atoms with E-state index in [4.69, 9.17) is 18.9 Å². The van der Waals surface area contributed by atoms with Crippen molar-refractivity contribution < 1.29 is 54.2 Å². The third kappa shape index (κ3) is 15.4. The number of carbonyl (C=O) groups excluding carboxylic acids is 2. The highest BCUT2D eigenvalue weighted by Crippen LogP contribution is 2.41. The van der Waals surface area contributed by atoms with Crippen LogP contribution in [0.25, 0.3) is 21.5 Å². The number of sulfonamides is 2. The van der Waals surface area contributed by atoms with Crippen LogP contribution in [0.3, 0.4) is 0 Å². The molecule has 81 heavy (non-hydrogen) atoms. The largest absolute Gasteiger partial charge is 0.490 e. The van der Waals surface area contributed by atoms with Crippen molar-refractivity contribution in [2.45, 2.75) is 128 Å². The Morgan fingerprint density at radius 3 is 1.40 bits per heavy atom. The smallest absolute Gasteiger partial charge is 0.311 e. The lowest BCUT2D eigenvalue weighted by Gasteiger charge is -2.37.